The Balaban J connectivity index is 1.47. The van der Waals surface area contributed by atoms with Crippen molar-refractivity contribution in [1.29, 1.82) is 0 Å². The molecule has 0 aromatic heterocycles. The summed E-state index contributed by atoms with van der Waals surface area (Å²) in [4.78, 5) is 9.36. The third-order valence-electron chi connectivity index (χ3n) is 6.72. The van der Waals surface area contributed by atoms with E-state index in [0.29, 0.717) is 11.8 Å². The number of piperidine rings is 1. The molecule has 2 unspecified atom stereocenters. The molecule has 0 aliphatic carbocycles. The summed E-state index contributed by atoms with van der Waals surface area (Å²) in [5.74, 6) is 0.909. The summed E-state index contributed by atoms with van der Waals surface area (Å²) in [6.45, 7) is 10.9. The molecule has 1 saturated heterocycles. The Bertz CT molecular complexity index is 993. The van der Waals surface area contributed by atoms with E-state index in [1.165, 1.54) is 46.2 Å². The first-order chi connectivity index (χ1) is 14.5. The van der Waals surface area contributed by atoms with Gasteiger partial charge in [0.2, 0.25) is 0 Å². The lowest BCUT2D eigenvalue weighted by Crippen LogP contribution is -2.31. The predicted octanol–water partition coefficient (Wildman–Crippen LogP) is 5.71. The Morgan fingerprint density at radius 3 is 2.77 bits per heavy atom. The van der Waals surface area contributed by atoms with Crippen molar-refractivity contribution < 1.29 is 0 Å². The molecule has 0 amide bonds. The number of aliphatic imine (C=N–C) groups is 2. The van der Waals surface area contributed by atoms with E-state index >= 15 is 0 Å². The molecule has 1 N–H and O–H groups in total. The smallest absolute Gasteiger partial charge is 0.0671 e. The number of fused-ring (bicyclic) bond motifs is 1. The van der Waals surface area contributed by atoms with E-state index in [0.717, 1.165) is 37.3 Å². The standard InChI is InChI=1S/C27H33N3/c1-18-7-8-21(12-19(18)2)14-24-17-30-27-15-22(9-10-25(24)27)26(28-4)13-20(3)23-6-5-11-29-16-23/h7-10,12,15,17,23-24,29H,3,5-6,11,13-14,16H2,1-2,4H3/b28-26+. The van der Waals surface area contributed by atoms with Gasteiger partial charge in [-0.3, -0.25) is 9.98 Å². The first-order valence-corrected chi connectivity index (χ1v) is 11.1. The van der Waals surface area contributed by atoms with Crippen LogP contribution >= 0.6 is 0 Å². The molecule has 2 aromatic carbocycles. The van der Waals surface area contributed by atoms with E-state index in [1.54, 1.807) is 0 Å². The average molecular weight is 400 g/mol. The minimum absolute atomic E-state index is 0.349. The predicted molar refractivity (Wildman–Crippen MR) is 129 cm³/mol. The summed E-state index contributed by atoms with van der Waals surface area (Å²) in [6.07, 6.45) is 6.42. The van der Waals surface area contributed by atoms with Crippen molar-refractivity contribution >= 4 is 17.6 Å². The molecular formula is C27H33N3. The summed E-state index contributed by atoms with van der Waals surface area (Å²) >= 11 is 0. The molecule has 30 heavy (non-hydrogen) atoms. The molecule has 2 aliphatic heterocycles. The number of hydrogen-bond acceptors (Lipinski definition) is 3. The summed E-state index contributed by atoms with van der Waals surface area (Å²) in [7, 11) is 1.89. The maximum atomic E-state index is 4.75. The quantitative estimate of drug-likeness (QED) is 0.490. The highest BCUT2D eigenvalue weighted by molar-refractivity contribution is 6.03. The van der Waals surface area contributed by atoms with Crippen LogP contribution in [-0.2, 0) is 6.42 Å². The van der Waals surface area contributed by atoms with E-state index < -0.39 is 0 Å². The topological polar surface area (TPSA) is 36.8 Å². The van der Waals surface area contributed by atoms with Gasteiger partial charge in [0.1, 0.15) is 0 Å². The van der Waals surface area contributed by atoms with Gasteiger partial charge in [0.25, 0.3) is 0 Å². The van der Waals surface area contributed by atoms with Crippen molar-refractivity contribution in [3.63, 3.8) is 0 Å². The molecule has 4 rings (SSSR count). The highest BCUT2D eigenvalue weighted by atomic mass is 14.9. The van der Waals surface area contributed by atoms with Crippen molar-refractivity contribution in [3.05, 3.63) is 76.4 Å². The van der Waals surface area contributed by atoms with Gasteiger partial charge in [-0.05, 0) is 79.5 Å². The van der Waals surface area contributed by atoms with E-state index in [1.807, 2.05) is 7.05 Å². The monoisotopic (exact) mass is 399 g/mol. The molecule has 0 bridgehead atoms. The molecule has 0 spiro atoms. The second-order valence-corrected chi connectivity index (χ2v) is 8.83. The van der Waals surface area contributed by atoms with Crippen LogP contribution in [0, 0.1) is 19.8 Å². The normalized spacial score (nSPS) is 21.0. The van der Waals surface area contributed by atoms with Crippen molar-refractivity contribution in [2.75, 3.05) is 20.1 Å². The fraction of sp³-hybridized carbons (Fsp3) is 0.407. The molecule has 156 valence electrons. The highest BCUT2D eigenvalue weighted by Gasteiger charge is 2.22. The molecule has 2 aliphatic rings. The van der Waals surface area contributed by atoms with Gasteiger partial charge in [-0.1, -0.05) is 42.5 Å². The number of rotatable bonds is 6. The van der Waals surface area contributed by atoms with Gasteiger partial charge in [-0.2, -0.15) is 0 Å². The summed E-state index contributed by atoms with van der Waals surface area (Å²) < 4.78 is 0. The van der Waals surface area contributed by atoms with E-state index in [4.69, 9.17) is 4.99 Å². The maximum absolute atomic E-state index is 4.75. The molecule has 1 fully saturated rings. The van der Waals surface area contributed by atoms with Gasteiger partial charge >= 0.3 is 0 Å². The zero-order valence-electron chi connectivity index (χ0n) is 18.5. The molecule has 0 radical (unpaired) electrons. The second-order valence-electron chi connectivity index (χ2n) is 8.83. The van der Waals surface area contributed by atoms with Gasteiger partial charge in [0.05, 0.1) is 5.69 Å². The molecule has 2 aromatic rings. The molecule has 2 atom stereocenters. The Kier molecular flexibility index (Phi) is 6.29. The molecule has 3 nitrogen and oxygen atoms in total. The van der Waals surface area contributed by atoms with Gasteiger partial charge < -0.3 is 5.32 Å². The second kappa shape index (κ2) is 9.09. The average Bonchev–Trinajstić information content (AvgIpc) is 3.17. The third-order valence-corrected chi connectivity index (χ3v) is 6.72. The van der Waals surface area contributed by atoms with Crippen LogP contribution in [0.5, 0.6) is 0 Å². The van der Waals surface area contributed by atoms with Gasteiger partial charge in [0, 0.05) is 37.9 Å². The largest absolute Gasteiger partial charge is 0.316 e. The SMILES string of the molecule is C=C(C/C(=N\C)c1ccc2c(c1)N=CC2Cc1ccc(C)c(C)c1)C1CCCNC1. The fourth-order valence-electron chi connectivity index (χ4n) is 4.62. The number of aryl methyl sites for hydroxylation is 2. The van der Waals surface area contributed by atoms with Crippen LogP contribution in [0.2, 0.25) is 0 Å². The van der Waals surface area contributed by atoms with Crippen molar-refractivity contribution in [3.8, 4) is 0 Å². The fourth-order valence-corrected chi connectivity index (χ4v) is 4.62. The number of hydrogen-bond donors (Lipinski definition) is 1. The van der Waals surface area contributed by atoms with E-state index in [-0.39, 0.29) is 0 Å². The van der Waals surface area contributed by atoms with E-state index in [9.17, 15) is 0 Å². The summed E-state index contributed by atoms with van der Waals surface area (Å²) in [5.41, 5.74) is 10.1. The van der Waals surface area contributed by atoms with Gasteiger partial charge in [-0.15, -0.1) is 0 Å². The molecule has 3 heteroatoms. The molecule has 0 saturated carbocycles. The van der Waals surface area contributed by atoms with Gasteiger partial charge in [0.15, 0.2) is 0 Å². The van der Waals surface area contributed by atoms with Crippen molar-refractivity contribution in [1.82, 2.24) is 5.32 Å². The van der Waals surface area contributed by atoms with E-state index in [2.05, 4.69) is 73.3 Å². The summed E-state index contributed by atoms with van der Waals surface area (Å²) in [6, 6.07) is 13.5. The maximum Gasteiger partial charge on any atom is 0.0671 e. The Morgan fingerprint density at radius 2 is 2.03 bits per heavy atom. The number of nitrogens with zero attached hydrogens (tertiary/aromatic N) is 2. The van der Waals surface area contributed by atoms with Crippen LogP contribution in [0.4, 0.5) is 5.69 Å². The Labute approximate surface area is 181 Å². The van der Waals surface area contributed by atoms with Crippen LogP contribution in [0.15, 0.2) is 58.5 Å². The zero-order valence-corrected chi connectivity index (χ0v) is 18.5. The van der Waals surface area contributed by atoms with Crippen molar-refractivity contribution in [2.45, 2.75) is 45.4 Å². The first-order valence-electron chi connectivity index (χ1n) is 11.1. The lowest BCUT2D eigenvalue weighted by Gasteiger charge is -2.25. The third kappa shape index (κ3) is 4.46. The summed E-state index contributed by atoms with van der Waals surface area (Å²) in [5, 5.41) is 3.49. The molecular weight excluding hydrogens is 366 g/mol. The van der Waals surface area contributed by atoms with Gasteiger partial charge in [-0.25, -0.2) is 0 Å². The number of benzene rings is 2. The Morgan fingerprint density at radius 1 is 1.17 bits per heavy atom. The lowest BCUT2D eigenvalue weighted by atomic mass is 9.87. The molecule has 2 heterocycles. The minimum atomic E-state index is 0.349. The van der Waals surface area contributed by atoms with Crippen LogP contribution in [-0.4, -0.2) is 32.1 Å². The Hall–Kier alpha value is -2.52. The minimum Gasteiger partial charge on any atom is -0.316 e. The van der Waals surface area contributed by atoms with Crippen LogP contribution < -0.4 is 5.32 Å². The van der Waals surface area contributed by atoms with Crippen LogP contribution in [0.25, 0.3) is 0 Å². The first kappa shape index (κ1) is 20.7. The van der Waals surface area contributed by atoms with Crippen LogP contribution in [0.1, 0.15) is 53.0 Å². The number of nitrogens with one attached hydrogen (secondary N) is 1. The lowest BCUT2D eigenvalue weighted by molar-refractivity contribution is 0.420. The van der Waals surface area contributed by atoms with Crippen molar-refractivity contribution in [2.24, 2.45) is 15.9 Å². The highest BCUT2D eigenvalue weighted by Crippen LogP contribution is 2.36. The zero-order chi connectivity index (χ0) is 21.1. The van der Waals surface area contributed by atoms with Crippen LogP contribution in [0.3, 0.4) is 0 Å².